The Labute approximate surface area is 192 Å². The summed E-state index contributed by atoms with van der Waals surface area (Å²) in [5.74, 6) is -1.74. The summed E-state index contributed by atoms with van der Waals surface area (Å²) in [4.78, 5) is 24.9. The fourth-order valence-electron chi connectivity index (χ4n) is 3.24. The standard InChI is InChI=1S/C21H16Cl2F3NO4S/c1-11-4-12(2-3-17(11)20(29)27-16-9-32(30,31)10-16)19(28)8-18(21(24,25)26)13-5-14(22)7-15(23)6-13/h2-8,16H,9-10H2,1H3,(H,27,29). The fourth-order valence-corrected chi connectivity index (χ4v) is 5.06. The molecule has 0 aliphatic carbocycles. The van der Waals surface area contributed by atoms with E-state index in [1.54, 1.807) is 0 Å². The second-order valence-electron chi connectivity index (χ2n) is 7.36. The fraction of sp³-hybridized carbons (Fsp3) is 0.238. The average molecular weight is 506 g/mol. The lowest BCUT2D eigenvalue weighted by Crippen LogP contribution is -2.53. The Balaban J connectivity index is 1.86. The summed E-state index contributed by atoms with van der Waals surface area (Å²) in [6, 6.07) is 6.73. The number of hydrogen-bond donors (Lipinski definition) is 1. The van der Waals surface area contributed by atoms with Crippen LogP contribution in [-0.2, 0) is 9.84 Å². The number of carbonyl (C=O) groups excluding carboxylic acids is 2. The highest BCUT2D eigenvalue weighted by molar-refractivity contribution is 7.92. The summed E-state index contributed by atoms with van der Waals surface area (Å²) in [6.45, 7) is 1.52. The smallest absolute Gasteiger partial charge is 0.347 e. The molecule has 1 heterocycles. The van der Waals surface area contributed by atoms with Crippen molar-refractivity contribution in [3.8, 4) is 0 Å². The predicted molar refractivity (Wildman–Crippen MR) is 116 cm³/mol. The van der Waals surface area contributed by atoms with Crippen LogP contribution in [0, 0.1) is 6.92 Å². The molecular formula is C21H16Cl2F3NO4S. The van der Waals surface area contributed by atoms with Crippen LogP contribution in [0.4, 0.5) is 13.2 Å². The first-order chi connectivity index (χ1) is 14.7. The molecule has 0 radical (unpaired) electrons. The second kappa shape index (κ2) is 8.88. The number of alkyl halides is 3. The van der Waals surface area contributed by atoms with Crippen LogP contribution in [0.15, 0.2) is 42.5 Å². The van der Waals surface area contributed by atoms with Crippen LogP contribution in [0.3, 0.4) is 0 Å². The van der Waals surface area contributed by atoms with Gasteiger partial charge in [0.1, 0.15) is 0 Å². The number of nitrogens with one attached hydrogen (secondary N) is 1. The van der Waals surface area contributed by atoms with Gasteiger partial charge in [0.25, 0.3) is 5.91 Å². The minimum Gasteiger partial charge on any atom is -0.347 e. The van der Waals surface area contributed by atoms with E-state index in [1.165, 1.54) is 31.2 Å². The highest BCUT2D eigenvalue weighted by atomic mass is 35.5. The van der Waals surface area contributed by atoms with Crippen LogP contribution in [0.5, 0.6) is 0 Å². The highest BCUT2D eigenvalue weighted by Gasteiger charge is 2.36. The van der Waals surface area contributed by atoms with Gasteiger partial charge >= 0.3 is 6.18 Å². The zero-order chi connectivity index (χ0) is 23.8. The Kier molecular flexibility index (Phi) is 6.74. The lowest BCUT2D eigenvalue weighted by atomic mass is 9.98. The third kappa shape index (κ3) is 5.70. The Morgan fingerprint density at radius 3 is 2.12 bits per heavy atom. The van der Waals surface area contributed by atoms with Crippen LogP contribution < -0.4 is 5.32 Å². The number of halogens is 5. The molecule has 170 valence electrons. The molecule has 5 nitrogen and oxygen atoms in total. The SMILES string of the molecule is Cc1cc(C(=O)C=C(c2cc(Cl)cc(Cl)c2)C(F)(F)F)ccc1C(=O)NC1CS(=O)(=O)C1. The van der Waals surface area contributed by atoms with Gasteiger partial charge in [-0.25, -0.2) is 8.42 Å². The van der Waals surface area contributed by atoms with E-state index in [2.05, 4.69) is 5.32 Å². The monoisotopic (exact) mass is 505 g/mol. The van der Waals surface area contributed by atoms with Crippen LogP contribution in [-0.4, -0.2) is 43.8 Å². The Bertz CT molecular complexity index is 1210. The largest absolute Gasteiger partial charge is 0.417 e. The zero-order valence-electron chi connectivity index (χ0n) is 16.5. The maximum atomic E-state index is 13.6. The molecule has 1 saturated heterocycles. The van der Waals surface area contributed by atoms with Gasteiger partial charge in [-0.3, -0.25) is 9.59 Å². The Morgan fingerprint density at radius 1 is 1.03 bits per heavy atom. The molecule has 1 N–H and O–H groups in total. The molecule has 0 spiro atoms. The van der Waals surface area contributed by atoms with Crippen LogP contribution in [0.1, 0.15) is 31.8 Å². The van der Waals surface area contributed by atoms with Gasteiger partial charge in [0.05, 0.1) is 23.1 Å². The minimum atomic E-state index is -4.85. The average Bonchev–Trinajstić information content (AvgIpc) is 2.62. The van der Waals surface area contributed by atoms with Crippen molar-refractivity contribution in [1.29, 1.82) is 0 Å². The summed E-state index contributed by atoms with van der Waals surface area (Å²) in [5, 5.41) is 2.55. The summed E-state index contributed by atoms with van der Waals surface area (Å²) < 4.78 is 63.2. The molecule has 2 aromatic rings. The molecule has 1 fully saturated rings. The maximum Gasteiger partial charge on any atom is 0.417 e. The molecule has 3 rings (SSSR count). The summed E-state index contributed by atoms with van der Waals surface area (Å²) in [5.41, 5.74) is -1.08. The topological polar surface area (TPSA) is 80.3 Å². The summed E-state index contributed by atoms with van der Waals surface area (Å²) >= 11 is 11.6. The van der Waals surface area contributed by atoms with Gasteiger partial charge in [-0.05, 0) is 54.5 Å². The van der Waals surface area contributed by atoms with E-state index >= 15 is 0 Å². The number of amides is 1. The van der Waals surface area contributed by atoms with Crippen molar-refractivity contribution in [3.63, 3.8) is 0 Å². The van der Waals surface area contributed by atoms with E-state index in [0.29, 0.717) is 11.6 Å². The van der Waals surface area contributed by atoms with Crippen molar-refractivity contribution in [2.45, 2.75) is 19.1 Å². The van der Waals surface area contributed by atoms with Crippen LogP contribution >= 0.6 is 23.2 Å². The van der Waals surface area contributed by atoms with Gasteiger partial charge in [-0.1, -0.05) is 29.3 Å². The molecule has 2 aromatic carbocycles. The second-order valence-corrected chi connectivity index (χ2v) is 10.4. The molecule has 11 heteroatoms. The van der Waals surface area contributed by atoms with Crippen molar-refractivity contribution in [3.05, 3.63) is 74.8 Å². The number of benzene rings is 2. The molecule has 0 aromatic heterocycles. The van der Waals surface area contributed by atoms with Crippen LogP contribution in [0.2, 0.25) is 10.0 Å². The molecule has 0 atom stereocenters. The first-order valence-corrected chi connectivity index (χ1v) is 11.7. The molecular weight excluding hydrogens is 490 g/mol. The number of allylic oxidation sites excluding steroid dienone is 2. The molecule has 1 amide bonds. The van der Waals surface area contributed by atoms with Crippen molar-refractivity contribution < 1.29 is 31.2 Å². The Morgan fingerprint density at radius 2 is 1.62 bits per heavy atom. The third-order valence-electron chi connectivity index (χ3n) is 4.76. The van der Waals surface area contributed by atoms with E-state index in [4.69, 9.17) is 23.2 Å². The molecule has 0 unspecified atom stereocenters. The zero-order valence-corrected chi connectivity index (χ0v) is 18.8. The van der Waals surface area contributed by atoms with Crippen LogP contribution in [0.25, 0.3) is 5.57 Å². The molecule has 0 bridgehead atoms. The number of sulfone groups is 1. The number of aryl methyl sites for hydroxylation is 1. The molecule has 0 saturated carbocycles. The Hall–Kier alpha value is -2.36. The number of carbonyl (C=O) groups is 2. The van der Waals surface area contributed by atoms with Gasteiger partial charge in [0.15, 0.2) is 15.6 Å². The lowest BCUT2D eigenvalue weighted by Gasteiger charge is -2.26. The lowest BCUT2D eigenvalue weighted by molar-refractivity contribution is -0.0689. The van der Waals surface area contributed by atoms with E-state index in [-0.39, 0.29) is 38.2 Å². The maximum absolute atomic E-state index is 13.6. The third-order valence-corrected chi connectivity index (χ3v) is 7.01. The van der Waals surface area contributed by atoms with E-state index < -0.39 is 39.3 Å². The van der Waals surface area contributed by atoms with Crippen molar-refractivity contribution >= 4 is 50.3 Å². The highest BCUT2D eigenvalue weighted by Crippen LogP contribution is 2.36. The van der Waals surface area contributed by atoms with E-state index in [1.807, 2.05) is 0 Å². The molecule has 1 aliphatic rings. The van der Waals surface area contributed by atoms with E-state index in [9.17, 15) is 31.2 Å². The number of rotatable bonds is 5. The minimum absolute atomic E-state index is 0.0134. The van der Waals surface area contributed by atoms with Gasteiger partial charge in [-0.2, -0.15) is 13.2 Å². The van der Waals surface area contributed by atoms with E-state index in [0.717, 1.165) is 12.1 Å². The summed E-state index contributed by atoms with van der Waals surface area (Å²) in [6.07, 6.45) is -4.39. The summed E-state index contributed by atoms with van der Waals surface area (Å²) in [7, 11) is -3.11. The van der Waals surface area contributed by atoms with Gasteiger partial charge in [0.2, 0.25) is 0 Å². The molecule has 1 aliphatic heterocycles. The predicted octanol–water partition coefficient (Wildman–Crippen LogP) is 4.66. The first kappa shape index (κ1) is 24.3. The quantitative estimate of drug-likeness (QED) is 0.473. The first-order valence-electron chi connectivity index (χ1n) is 9.17. The van der Waals surface area contributed by atoms with Crippen molar-refractivity contribution in [1.82, 2.24) is 5.32 Å². The normalized spacial score (nSPS) is 16.4. The number of ketones is 1. The van der Waals surface area contributed by atoms with Gasteiger partial charge in [0, 0.05) is 21.2 Å². The number of hydrogen-bond acceptors (Lipinski definition) is 4. The van der Waals surface area contributed by atoms with Gasteiger partial charge < -0.3 is 5.32 Å². The molecule has 32 heavy (non-hydrogen) atoms. The van der Waals surface area contributed by atoms with Gasteiger partial charge in [-0.15, -0.1) is 0 Å². The van der Waals surface area contributed by atoms with Crippen molar-refractivity contribution in [2.24, 2.45) is 0 Å². The van der Waals surface area contributed by atoms with Crippen molar-refractivity contribution in [2.75, 3.05) is 11.5 Å².